The summed E-state index contributed by atoms with van der Waals surface area (Å²) in [5.41, 5.74) is 6.84. The van der Waals surface area contributed by atoms with Gasteiger partial charge in [0.05, 0.1) is 6.42 Å². The highest BCUT2D eigenvalue weighted by Crippen LogP contribution is 2.28. The van der Waals surface area contributed by atoms with Crippen molar-refractivity contribution in [2.24, 2.45) is 5.73 Å². The highest BCUT2D eigenvalue weighted by atomic mass is 16.6. The number of ether oxygens (including phenoxy) is 1. The maximum absolute atomic E-state index is 14.1. The molecule has 0 aliphatic rings. The van der Waals surface area contributed by atoms with Gasteiger partial charge in [-0.3, -0.25) is 14.4 Å². The molecule has 0 heterocycles. The molecule has 3 atom stereocenters. The van der Waals surface area contributed by atoms with Crippen LogP contribution < -0.4 is 16.4 Å². The van der Waals surface area contributed by atoms with Gasteiger partial charge in [-0.15, -0.1) is 0 Å². The molecule has 4 N–H and O–H groups in total. The van der Waals surface area contributed by atoms with Crippen molar-refractivity contribution in [3.8, 4) is 0 Å². The van der Waals surface area contributed by atoms with E-state index in [9.17, 15) is 19.2 Å². The van der Waals surface area contributed by atoms with Gasteiger partial charge < -0.3 is 26.0 Å². The van der Waals surface area contributed by atoms with Crippen LogP contribution in [0.3, 0.4) is 0 Å². The van der Waals surface area contributed by atoms with Crippen molar-refractivity contribution >= 4 is 29.9 Å². The molecule has 0 aliphatic carbocycles. The van der Waals surface area contributed by atoms with Crippen LogP contribution in [0.1, 0.15) is 70.2 Å². The molecular formula is C30H40N4O5. The number of nitrogens with one attached hydrogen (secondary N) is 2. The molecule has 0 aromatic heterocycles. The van der Waals surface area contributed by atoms with E-state index < -0.39 is 54.0 Å². The number of amides is 4. The van der Waals surface area contributed by atoms with Crippen molar-refractivity contribution in [1.29, 1.82) is 0 Å². The number of carbonyl (C=O) groups is 4. The highest BCUT2D eigenvalue weighted by Gasteiger charge is 2.39. The topological polar surface area (TPSA) is 131 Å². The minimum Gasteiger partial charge on any atom is -0.444 e. The molecule has 2 aromatic carbocycles. The molecule has 39 heavy (non-hydrogen) atoms. The Hall–Kier alpha value is -4.14. The number of rotatable bonds is 12. The number of hydrogen-bond acceptors (Lipinski definition) is 5. The van der Waals surface area contributed by atoms with Gasteiger partial charge in [-0.25, -0.2) is 4.79 Å². The van der Waals surface area contributed by atoms with Gasteiger partial charge in [0.25, 0.3) is 0 Å². The van der Waals surface area contributed by atoms with Gasteiger partial charge in [0, 0.05) is 12.6 Å². The van der Waals surface area contributed by atoms with Crippen molar-refractivity contribution < 1.29 is 23.9 Å². The van der Waals surface area contributed by atoms with Crippen molar-refractivity contribution in [1.82, 2.24) is 15.5 Å². The van der Waals surface area contributed by atoms with Crippen LogP contribution in [0.2, 0.25) is 0 Å². The van der Waals surface area contributed by atoms with Crippen molar-refractivity contribution in [2.45, 2.75) is 77.7 Å². The first-order valence-corrected chi connectivity index (χ1v) is 13.0. The standard InChI is InChI=1S/C30H40N4O5/c1-7-20(3)34(28(37)24(18-25(31)35)33-29(38)39-30(4,5)6)26(23-16-12-15-21(8-2)17-23)27(36)32-19-22-13-10-9-11-14-22/h8-17,20,24,26H,2,7,18-19H2,1,3-6H3,(H2,31,35)(H,32,36)(H,33,38). The van der Waals surface area contributed by atoms with Crippen LogP contribution in [-0.2, 0) is 25.7 Å². The molecule has 9 heteroatoms. The Bertz CT molecular complexity index is 1160. The first kappa shape index (κ1) is 31.1. The zero-order valence-corrected chi connectivity index (χ0v) is 23.4. The number of alkyl carbamates (subject to hydrolysis) is 1. The second-order valence-corrected chi connectivity index (χ2v) is 10.4. The van der Waals surface area contributed by atoms with E-state index in [1.54, 1.807) is 45.0 Å². The first-order valence-electron chi connectivity index (χ1n) is 13.0. The fourth-order valence-corrected chi connectivity index (χ4v) is 4.00. The van der Waals surface area contributed by atoms with E-state index in [4.69, 9.17) is 10.5 Å². The summed E-state index contributed by atoms with van der Waals surface area (Å²) in [5.74, 6) is -1.83. The summed E-state index contributed by atoms with van der Waals surface area (Å²) in [6.07, 6.45) is 0.823. The van der Waals surface area contributed by atoms with Crippen LogP contribution in [0, 0.1) is 0 Å². The molecule has 0 aliphatic heterocycles. The molecule has 0 radical (unpaired) electrons. The molecule has 2 rings (SSSR count). The average molecular weight is 537 g/mol. The molecule has 0 bridgehead atoms. The molecule has 0 fully saturated rings. The summed E-state index contributed by atoms with van der Waals surface area (Å²) in [5, 5.41) is 5.43. The van der Waals surface area contributed by atoms with Crippen LogP contribution in [0.15, 0.2) is 61.2 Å². The molecule has 0 spiro atoms. The van der Waals surface area contributed by atoms with E-state index in [0.717, 1.165) is 11.1 Å². The number of nitrogens with zero attached hydrogens (tertiary/aromatic N) is 1. The zero-order valence-electron chi connectivity index (χ0n) is 23.4. The third kappa shape index (κ3) is 9.59. The van der Waals surface area contributed by atoms with Crippen LogP contribution in [0.5, 0.6) is 0 Å². The number of primary amides is 1. The van der Waals surface area contributed by atoms with Crippen molar-refractivity contribution in [2.75, 3.05) is 0 Å². The SMILES string of the molecule is C=Cc1cccc(C(C(=O)NCc2ccccc2)N(C(=O)C(CC(N)=O)NC(=O)OC(C)(C)C)C(C)CC)c1. The largest absolute Gasteiger partial charge is 0.444 e. The Morgan fingerprint density at radius 3 is 2.31 bits per heavy atom. The quantitative estimate of drug-likeness (QED) is 0.376. The molecule has 9 nitrogen and oxygen atoms in total. The molecule has 3 unspecified atom stereocenters. The number of nitrogens with two attached hydrogens (primary N) is 1. The first-order chi connectivity index (χ1) is 18.4. The maximum atomic E-state index is 14.1. The maximum Gasteiger partial charge on any atom is 0.408 e. The molecule has 4 amide bonds. The Kier molecular flexibility index (Phi) is 11.3. The van der Waals surface area contributed by atoms with E-state index in [-0.39, 0.29) is 6.54 Å². The van der Waals surface area contributed by atoms with Crippen LogP contribution >= 0.6 is 0 Å². The summed E-state index contributed by atoms with van der Waals surface area (Å²) in [6.45, 7) is 12.8. The van der Waals surface area contributed by atoms with Gasteiger partial charge >= 0.3 is 6.09 Å². The zero-order chi connectivity index (χ0) is 29.2. The van der Waals surface area contributed by atoms with Crippen molar-refractivity contribution in [3.63, 3.8) is 0 Å². The van der Waals surface area contributed by atoms with Crippen LogP contribution in [0.4, 0.5) is 4.79 Å². The lowest BCUT2D eigenvalue weighted by molar-refractivity contribution is -0.146. The summed E-state index contributed by atoms with van der Waals surface area (Å²) in [4.78, 5) is 53.8. The minimum absolute atomic E-state index is 0.251. The van der Waals surface area contributed by atoms with E-state index in [2.05, 4.69) is 17.2 Å². The van der Waals surface area contributed by atoms with Gasteiger partial charge in [-0.05, 0) is 56.9 Å². The monoisotopic (exact) mass is 536 g/mol. The Labute approximate surface area is 230 Å². The smallest absolute Gasteiger partial charge is 0.408 e. The molecule has 0 saturated heterocycles. The summed E-state index contributed by atoms with van der Waals surface area (Å²) < 4.78 is 5.31. The third-order valence-corrected chi connectivity index (χ3v) is 6.01. The Morgan fingerprint density at radius 1 is 1.08 bits per heavy atom. The van der Waals surface area contributed by atoms with Gasteiger partial charge in [0.15, 0.2) is 0 Å². The van der Waals surface area contributed by atoms with Crippen LogP contribution in [0.25, 0.3) is 6.08 Å². The minimum atomic E-state index is -1.33. The summed E-state index contributed by atoms with van der Waals surface area (Å²) in [6, 6.07) is 13.7. The predicted octanol–water partition coefficient (Wildman–Crippen LogP) is 4.08. The second-order valence-electron chi connectivity index (χ2n) is 10.4. The average Bonchev–Trinajstić information content (AvgIpc) is 2.88. The lowest BCUT2D eigenvalue weighted by Gasteiger charge is -2.38. The number of hydrogen-bond donors (Lipinski definition) is 3. The Morgan fingerprint density at radius 2 is 1.74 bits per heavy atom. The van der Waals surface area contributed by atoms with Crippen LogP contribution in [-0.4, -0.2) is 46.4 Å². The van der Waals surface area contributed by atoms with Gasteiger partial charge in [-0.2, -0.15) is 0 Å². The van der Waals surface area contributed by atoms with E-state index in [0.29, 0.717) is 12.0 Å². The van der Waals surface area contributed by atoms with E-state index >= 15 is 0 Å². The van der Waals surface area contributed by atoms with Gasteiger partial charge in [-0.1, -0.05) is 68.1 Å². The lowest BCUT2D eigenvalue weighted by atomic mass is 9.97. The van der Waals surface area contributed by atoms with Gasteiger partial charge in [0.2, 0.25) is 17.7 Å². The Balaban J connectivity index is 2.54. The van der Waals surface area contributed by atoms with Gasteiger partial charge in [0.1, 0.15) is 17.7 Å². The summed E-state index contributed by atoms with van der Waals surface area (Å²) >= 11 is 0. The number of carbonyl (C=O) groups excluding carboxylic acids is 4. The van der Waals surface area contributed by atoms with E-state index in [1.807, 2.05) is 50.2 Å². The molecule has 0 saturated carbocycles. The fourth-order valence-electron chi connectivity index (χ4n) is 4.00. The third-order valence-electron chi connectivity index (χ3n) is 6.01. The molecule has 2 aromatic rings. The summed E-state index contributed by atoms with van der Waals surface area (Å²) in [7, 11) is 0. The second kappa shape index (κ2) is 14.1. The molecule has 210 valence electrons. The lowest BCUT2D eigenvalue weighted by Crippen LogP contribution is -2.56. The number of benzene rings is 2. The fraction of sp³-hybridized carbons (Fsp3) is 0.400. The normalized spacial score (nSPS) is 13.4. The predicted molar refractivity (Wildman–Crippen MR) is 151 cm³/mol. The highest BCUT2D eigenvalue weighted by molar-refractivity contribution is 5.94. The molecular weight excluding hydrogens is 496 g/mol. The van der Waals surface area contributed by atoms with Crippen molar-refractivity contribution in [3.05, 3.63) is 77.9 Å². The van der Waals surface area contributed by atoms with E-state index in [1.165, 1.54) is 4.90 Å².